The van der Waals surface area contributed by atoms with Gasteiger partial charge < -0.3 is 21.3 Å². The standard InChI is InChI=1S/C57H60N4O4/c1-3-18-40(59-50-35-36-51(61-42-25-11-6-12-26-42)54-53(50)56(64)45-29-15-16-30-46(45)57(54)65)22-8-4-7-20-39-21-17-27-43(32-31-39)58-48-33-34-49(60-41-23-9-5-10-24-41)52(47(48)37-62)55(63)44-28-14-13-19-38(44)2/h3-4,8,13-19,27-37,41-42,58-61H,1,5-7,9-12,20-26H2,2H3/b8-4-,40-18+. The van der Waals surface area contributed by atoms with E-state index in [9.17, 15) is 19.2 Å². The number of benzene rings is 4. The summed E-state index contributed by atoms with van der Waals surface area (Å²) in [5.41, 5.74) is 9.51. The molecule has 4 aromatic carbocycles. The van der Waals surface area contributed by atoms with Gasteiger partial charge in [-0.25, -0.2) is 0 Å². The van der Waals surface area contributed by atoms with E-state index in [1.807, 2.05) is 79.7 Å². The predicted octanol–water partition coefficient (Wildman–Crippen LogP) is 13.4. The zero-order valence-electron chi connectivity index (χ0n) is 37.5. The van der Waals surface area contributed by atoms with Crippen molar-refractivity contribution in [3.05, 3.63) is 189 Å². The first-order valence-corrected chi connectivity index (χ1v) is 23.5. The summed E-state index contributed by atoms with van der Waals surface area (Å²) in [5.74, 6) is -0.448. The van der Waals surface area contributed by atoms with Crippen molar-refractivity contribution >= 4 is 46.4 Å². The SMILES string of the molecule is C=C/C=C(\C/C=C\CCC1=CC=C(Nc2ccc(NC3CCCCC3)c(C(=O)c3ccccc3C)c2C=O)C=CC1)Nc1ccc(NC2CCCCC2)c2c1C(=O)c1ccccc1C2=O. The van der Waals surface area contributed by atoms with Crippen molar-refractivity contribution in [2.75, 3.05) is 21.3 Å². The van der Waals surface area contributed by atoms with Gasteiger partial charge in [-0.15, -0.1) is 0 Å². The predicted molar refractivity (Wildman–Crippen MR) is 266 cm³/mol. The molecule has 4 N–H and O–H groups in total. The van der Waals surface area contributed by atoms with Crippen LogP contribution in [0, 0.1) is 6.92 Å². The maximum atomic E-state index is 14.2. The monoisotopic (exact) mass is 864 g/mol. The zero-order chi connectivity index (χ0) is 45.1. The Morgan fingerprint density at radius 1 is 0.723 bits per heavy atom. The van der Waals surface area contributed by atoms with E-state index in [4.69, 9.17) is 0 Å². The minimum Gasteiger partial charge on any atom is -0.382 e. The Balaban J connectivity index is 0.942. The van der Waals surface area contributed by atoms with E-state index in [1.54, 1.807) is 24.3 Å². The fourth-order valence-electron chi connectivity index (χ4n) is 9.72. The molecule has 4 aromatic rings. The van der Waals surface area contributed by atoms with Crippen LogP contribution in [0.25, 0.3) is 0 Å². The molecule has 332 valence electrons. The second-order valence-electron chi connectivity index (χ2n) is 17.7. The van der Waals surface area contributed by atoms with Gasteiger partial charge in [0.2, 0.25) is 0 Å². The van der Waals surface area contributed by atoms with Crippen LogP contribution in [0.1, 0.15) is 154 Å². The molecule has 0 aromatic heterocycles. The van der Waals surface area contributed by atoms with Gasteiger partial charge in [-0.05, 0) is 99.9 Å². The first kappa shape index (κ1) is 44.8. The van der Waals surface area contributed by atoms with Gasteiger partial charge in [-0.1, -0.05) is 130 Å². The number of carbonyl (C=O) groups is 4. The van der Waals surface area contributed by atoms with Gasteiger partial charge in [0.1, 0.15) is 0 Å². The van der Waals surface area contributed by atoms with Crippen LogP contribution in [-0.4, -0.2) is 35.7 Å². The average molecular weight is 865 g/mol. The summed E-state index contributed by atoms with van der Waals surface area (Å²) in [7, 11) is 0. The van der Waals surface area contributed by atoms with Crippen molar-refractivity contribution in [2.45, 2.75) is 109 Å². The molecule has 2 fully saturated rings. The first-order chi connectivity index (χ1) is 31.8. The molecule has 0 radical (unpaired) electrons. The Morgan fingerprint density at radius 2 is 1.34 bits per heavy atom. The van der Waals surface area contributed by atoms with Gasteiger partial charge >= 0.3 is 0 Å². The van der Waals surface area contributed by atoms with Crippen LogP contribution in [0.3, 0.4) is 0 Å². The number of aryl methyl sites for hydroxylation is 1. The van der Waals surface area contributed by atoms with Crippen molar-refractivity contribution in [3.63, 3.8) is 0 Å². The molecule has 0 saturated heterocycles. The summed E-state index contributed by atoms with van der Waals surface area (Å²) in [4.78, 5) is 55.3. The maximum absolute atomic E-state index is 14.2. The van der Waals surface area contributed by atoms with Crippen molar-refractivity contribution in [2.24, 2.45) is 0 Å². The normalized spacial score (nSPS) is 16.8. The van der Waals surface area contributed by atoms with Crippen LogP contribution in [-0.2, 0) is 0 Å². The first-order valence-electron chi connectivity index (χ1n) is 23.5. The van der Waals surface area contributed by atoms with Crippen LogP contribution in [0.4, 0.5) is 22.7 Å². The summed E-state index contributed by atoms with van der Waals surface area (Å²) >= 11 is 0. The molecule has 8 nitrogen and oxygen atoms in total. The fraction of sp³-hybridized carbons (Fsp3) is 0.298. The van der Waals surface area contributed by atoms with Crippen LogP contribution in [0.15, 0.2) is 145 Å². The summed E-state index contributed by atoms with van der Waals surface area (Å²) in [6.45, 7) is 5.87. The number of ketones is 3. The highest BCUT2D eigenvalue weighted by atomic mass is 16.1. The largest absolute Gasteiger partial charge is 0.382 e. The molecule has 0 heterocycles. The van der Waals surface area contributed by atoms with E-state index in [0.717, 1.165) is 99.6 Å². The number of aldehydes is 1. The molecule has 4 aliphatic rings. The number of hydrogen-bond acceptors (Lipinski definition) is 8. The summed E-state index contributed by atoms with van der Waals surface area (Å²) in [5, 5.41) is 14.2. The van der Waals surface area contributed by atoms with Gasteiger partial charge in [-0.3, -0.25) is 19.2 Å². The molecule has 2 saturated carbocycles. The number of carbonyl (C=O) groups excluding carboxylic acids is 4. The van der Waals surface area contributed by atoms with E-state index in [1.165, 1.54) is 18.4 Å². The zero-order valence-corrected chi connectivity index (χ0v) is 37.5. The number of nitrogens with one attached hydrogen (secondary N) is 4. The van der Waals surface area contributed by atoms with Gasteiger partial charge in [-0.2, -0.15) is 0 Å². The Hall–Kier alpha value is -6.80. The molecule has 0 amide bonds. The second kappa shape index (κ2) is 21.3. The third-order valence-electron chi connectivity index (χ3n) is 13.2. The minimum absolute atomic E-state index is 0.131. The van der Waals surface area contributed by atoms with Crippen molar-refractivity contribution in [1.29, 1.82) is 0 Å². The highest BCUT2D eigenvalue weighted by Crippen LogP contribution is 2.39. The van der Waals surface area contributed by atoms with Crippen LogP contribution in [0.2, 0.25) is 0 Å². The van der Waals surface area contributed by atoms with Crippen molar-refractivity contribution in [3.8, 4) is 0 Å². The topological polar surface area (TPSA) is 116 Å². The molecule has 4 aliphatic carbocycles. The molecule has 0 spiro atoms. The molecule has 0 unspecified atom stereocenters. The lowest BCUT2D eigenvalue weighted by Gasteiger charge is -2.28. The Bertz CT molecular complexity index is 2630. The van der Waals surface area contributed by atoms with Gasteiger partial charge in [0, 0.05) is 63.7 Å². The van der Waals surface area contributed by atoms with E-state index in [0.29, 0.717) is 62.4 Å². The third-order valence-corrected chi connectivity index (χ3v) is 13.2. The van der Waals surface area contributed by atoms with Crippen molar-refractivity contribution in [1.82, 2.24) is 0 Å². The fourth-order valence-corrected chi connectivity index (χ4v) is 9.72. The molecular weight excluding hydrogens is 805 g/mol. The molecule has 8 rings (SSSR count). The number of anilines is 4. The molecule has 0 bridgehead atoms. The molecule has 65 heavy (non-hydrogen) atoms. The number of allylic oxidation sites excluding steroid dienone is 9. The van der Waals surface area contributed by atoms with Gasteiger partial charge in [0.25, 0.3) is 0 Å². The Morgan fingerprint density at radius 3 is 2.02 bits per heavy atom. The number of fused-ring (bicyclic) bond motifs is 2. The quantitative estimate of drug-likeness (QED) is 0.0316. The smallest absolute Gasteiger partial charge is 0.196 e. The average Bonchev–Trinajstić information content (AvgIpc) is 3.56. The highest BCUT2D eigenvalue weighted by Gasteiger charge is 2.34. The van der Waals surface area contributed by atoms with E-state index < -0.39 is 0 Å². The summed E-state index contributed by atoms with van der Waals surface area (Å²) in [6, 6.07) is 22.9. The lowest BCUT2D eigenvalue weighted by Crippen LogP contribution is -2.27. The van der Waals surface area contributed by atoms with Crippen molar-refractivity contribution < 1.29 is 19.2 Å². The summed E-state index contributed by atoms with van der Waals surface area (Å²) in [6.07, 6.45) is 31.3. The second-order valence-corrected chi connectivity index (χ2v) is 17.7. The maximum Gasteiger partial charge on any atom is 0.196 e. The van der Waals surface area contributed by atoms with Gasteiger partial charge in [0.15, 0.2) is 23.6 Å². The van der Waals surface area contributed by atoms with Crippen LogP contribution < -0.4 is 21.3 Å². The molecular formula is C57H60N4O4. The molecule has 8 heteroatoms. The summed E-state index contributed by atoms with van der Waals surface area (Å²) < 4.78 is 0. The third kappa shape index (κ3) is 10.4. The molecule has 0 aliphatic heterocycles. The highest BCUT2D eigenvalue weighted by molar-refractivity contribution is 6.32. The Kier molecular flexibility index (Phi) is 14.6. The number of hydrogen-bond donors (Lipinski definition) is 4. The van der Waals surface area contributed by atoms with E-state index >= 15 is 0 Å². The van der Waals surface area contributed by atoms with Crippen LogP contribution >= 0.6 is 0 Å². The van der Waals surface area contributed by atoms with Gasteiger partial charge in [0.05, 0.1) is 27.9 Å². The van der Waals surface area contributed by atoms with E-state index in [-0.39, 0.29) is 29.4 Å². The minimum atomic E-state index is -0.163. The lowest BCUT2D eigenvalue weighted by atomic mass is 9.82. The Labute approximate surface area is 383 Å². The molecule has 0 atom stereocenters. The van der Waals surface area contributed by atoms with E-state index in [2.05, 4.69) is 52.2 Å². The number of rotatable bonds is 17. The van der Waals surface area contributed by atoms with Crippen LogP contribution in [0.5, 0.6) is 0 Å². The lowest BCUT2D eigenvalue weighted by molar-refractivity contribution is 0.0980.